The molecule has 0 aromatic heterocycles. The number of hydrogen-bond donors (Lipinski definition) is 2. The molecule has 0 bridgehead atoms. The normalized spacial score (nSPS) is 23.1. The van der Waals surface area contributed by atoms with E-state index >= 15 is 0 Å². The number of carbonyl (C=O) groups is 1. The van der Waals surface area contributed by atoms with Crippen molar-refractivity contribution in [2.45, 2.75) is 43.1 Å². The minimum Gasteiger partial charge on any atom is -0.481 e. The van der Waals surface area contributed by atoms with Crippen LogP contribution in [0.2, 0.25) is 0 Å². The largest absolute Gasteiger partial charge is 0.481 e. The Morgan fingerprint density at radius 3 is 2.00 bits per heavy atom. The van der Waals surface area contributed by atoms with Gasteiger partial charge >= 0.3 is 5.97 Å². The Labute approximate surface area is 100 Å². The van der Waals surface area contributed by atoms with Crippen LogP contribution in [0.15, 0.2) is 24.3 Å². The minimum absolute atomic E-state index is 0.128. The third-order valence-corrected chi connectivity index (χ3v) is 4.10. The molecule has 2 N–H and O–H groups in total. The minimum atomic E-state index is -0.729. The van der Waals surface area contributed by atoms with E-state index in [0.29, 0.717) is 0 Å². The molecule has 0 atom stereocenters. The lowest BCUT2D eigenvalue weighted by Gasteiger charge is -2.15. The van der Waals surface area contributed by atoms with Crippen molar-refractivity contribution >= 4 is 5.97 Å². The second kappa shape index (κ2) is 3.33. The molecule has 1 aromatic rings. The highest BCUT2D eigenvalue weighted by molar-refractivity contribution is 5.70. The van der Waals surface area contributed by atoms with Crippen LogP contribution in [0.1, 0.15) is 43.2 Å². The highest BCUT2D eigenvalue weighted by Gasteiger charge is 2.46. The van der Waals surface area contributed by atoms with E-state index in [4.69, 9.17) is 5.11 Å². The van der Waals surface area contributed by atoms with Crippen LogP contribution in [0.3, 0.4) is 0 Å². The molecule has 0 saturated heterocycles. The number of rotatable bonds is 4. The predicted molar refractivity (Wildman–Crippen MR) is 62.7 cm³/mol. The summed E-state index contributed by atoms with van der Waals surface area (Å²) in [6.07, 6.45) is 3.82. The fourth-order valence-corrected chi connectivity index (χ4v) is 2.55. The summed E-state index contributed by atoms with van der Waals surface area (Å²) in [5.74, 6) is -0.729. The van der Waals surface area contributed by atoms with Gasteiger partial charge < -0.3 is 10.2 Å². The highest BCUT2D eigenvalue weighted by atomic mass is 16.4. The van der Waals surface area contributed by atoms with Crippen LogP contribution in [0.5, 0.6) is 0 Å². The van der Waals surface area contributed by atoms with Crippen molar-refractivity contribution in [2.75, 3.05) is 0 Å². The molecule has 1 aromatic carbocycles. The van der Waals surface area contributed by atoms with Gasteiger partial charge in [-0.3, -0.25) is 4.79 Å². The van der Waals surface area contributed by atoms with Crippen LogP contribution < -0.4 is 0 Å². The molecule has 0 unspecified atom stereocenters. The first kappa shape index (κ1) is 10.8. The maximum atomic E-state index is 10.8. The third-order valence-electron chi connectivity index (χ3n) is 4.10. The molecule has 2 saturated carbocycles. The molecule has 0 heterocycles. The second-order valence-corrected chi connectivity index (χ2v) is 5.46. The van der Waals surface area contributed by atoms with Gasteiger partial charge in [0.25, 0.3) is 0 Å². The number of carboxylic acids is 1. The van der Waals surface area contributed by atoms with Gasteiger partial charge in [0, 0.05) is 5.41 Å². The van der Waals surface area contributed by atoms with Crippen molar-refractivity contribution < 1.29 is 15.0 Å². The maximum Gasteiger partial charge on any atom is 0.304 e. The monoisotopic (exact) mass is 232 g/mol. The molecule has 90 valence electrons. The summed E-state index contributed by atoms with van der Waals surface area (Å²) in [4.78, 5) is 10.8. The molecular formula is C14H16O3. The fourth-order valence-electron chi connectivity index (χ4n) is 2.55. The van der Waals surface area contributed by atoms with Crippen molar-refractivity contribution in [2.24, 2.45) is 0 Å². The molecular weight excluding hydrogens is 216 g/mol. The molecule has 3 rings (SSSR count). The summed E-state index contributed by atoms with van der Waals surface area (Å²) in [7, 11) is 0. The third kappa shape index (κ3) is 1.84. The van der Waals surface area contributed by atoms with Gasteiger partial charge in [0.1, 0.15) is 0 Å². The van der Waals surface area contributed by atoms with Gasteiger partial charge in [0.15, 0.2) is 0 Å². The van der Waals surface area contributed by atoms with Crippen molar-refractivity contribution in [3.05, 3.63) is 35.4 Å². The summed E-state index contributed by atoms with van der Waals surface area (Å²) in [5, 5.41) is 18.9. The van der Waals surface area contributed by atoms with Crippen molar-refractivity contribution in [1.82, 2.24) is 0 Å². The molecule has 2 aliphatic carbocycles. The van der Waals surface area contributed by atoms with Gasteiger partial charge in [-0.2, -0.15) is 0 Å². The first-order valence-electron chi connectivity index (χ1n) is 6.09. The predicted octanol–water partition coefficient (Wildman–Crippen LogP) is 2.17. The van der Waals surface area contributed by atoms with Crippen molar-refractivity contribution in [1.29, 1.82) is 0 Å². The van der Waals surface area contributed by atoms with E-state index in [-0.39, 0.29) is 11.8 Å². The van der Waals surface area contributed by atoms with Crippen LogP contribution in [0.25, 0.3) is 0 Å². The zero-order valence-electron chi connectivity index (χ0n) is 9.65. The van der Waals surface area contributed by atoms with E-state index in [0.717, 1.165) is 36.8 Å². The molecule has 2 aliphatic rings. The van der Waals surface area contributed by atoms with Gasteiger partial charge in [-0.1, -0.05) is 24.3 Å². The van der Waals surface area contributed by atoms with Crippen LogP contribution in [0.4, 0.5) is 0 Å². The van der Waals surface area contributed by atoms with E-state index in [1.54, 1.807) is 0 Å². The Morgan fingerprint density at radius 2 is 1.59 bits per heavy atom. The lowest BCUT2D eigenvalue weighted by Crippen LogP contribution is -2.13. The van der Waals surface area contributed by atoms with Crippen LogP contribution in [-0.4, -0.2) is 16.2 Å². The van der Waals surface area contributed by atoms with Gasteiger partial charge in [-0.25, -0.2) is 0 Å². The van der Waals surface area contributed by atoms with Gasteiger partial charge in [-0.15, -0.1) is 0 Å². The Kier molecular flexibility index (Phi) is 2.11. The molecule has 3 nitrogen and oxygen atoms in total. The average molecular weight is 232 g/mol. The summed E-state index contributed by atoms with van der Waals surface area (Å²) < 4.78 is 0. The number of carboxylic acid groups (broad SMARTS) is 1. The summed E-state index contributed by atoms with van der Waals surface area (Å²) in [6.45, 7) is 0. The Bertz CT molecular complexity index is 453. The molecule has 0 radical (unpaired) electrons. The number of aliphatic hydroxyl groups is 1. The molecule has 0 amide bonds. The van der Waals surface area contributed by atoms with E-state index in [2.05, 4.69) is 0 Å². The van der Waals surface area contributed by atoms with Gasteiger partial charge in [0.05, 0.1) is 12.0 Å². The summed E-state index contributed by atoms with van der Waals surface area (Å²) >= 11 is 0. The Balaban J connectivity index is 1.83. The lowest BCUT2D eigenvalue weighted by atomic mass is 9.91. The quantitative estimate of drug-likeness (QED) is 0.836. The van der Waals surface area contributed by atoms with Gasteiger partial charge in [-0.05, 0) is 36.8 Å². The van der Waals surface area contributed by atoms with Crippen LogP contribution in [0, 0.1) is 0 Å². The van der Waals surface area contributed by atoms with E-state index < -0.39 is 11.6 Å². The zero-order valence-corrected chi connectivity index (χ0v) is 9.65. The van der Waals surface area contributed by atoms with E-state index in [1.807, 2.05) is 24.3 Å². The molecule has 17 heavy (non-hydrogen) atoms. The Morgan fingerprint density at radius 1 is 1.06 bits per heavy atom. The molecule has 0 aliphatic heterocycles. The second-order valence-electron chi connectivity index (χ2n) is 5.46. The fraction of sp³-hybridized carbons (Fsp3) is 0.500. The van der Waals surface area contributed by atoms with E-state index in [9.17, 15) is 9.90 Å². The standard InChI is InChI=1S/C14H16O3/c15-12(16)9-13(5-6-13)10-1-3-11(4-2-10)14(17)7-8-14/h1-4,17H,5-9H2,(H,15,16). The lowest BCUT2D eigenvalue weighted by molar-refractivity contribution is -0.137. The van der Waals surface area contributed by atoms with Crippen LogP contribution in [-0.2, 0) is 15.8 Å². The first-order valence-corrected chi connectivity index (χ1v) is 6.09. The molecule has 3 heteroatoms. The topological polar surface area (TPSA) is 57.5 Å². The summed E-state index contributed by atoms with van der Waals surface area (Å²) in [6, 6.07) is 7.87. The zero-order chi connectivity index (χ0) is 12.1. The van der Waals surface area contributed by atoms with Crippen molar-refractivity contribution in [3.63, 3.8) is 0 Å². The smallest absolute Gasteiger partial charge is 0.304 e. The highest BCUT2D eigenvalue weighted by Crippen LogP contribution is 2.52. The number of benzene rings is 1. The van der Waals surface area contributed by atoms with Crippen LogP contribution >= 0.6 is 0 Å². The molecule has 2 fully saturated rings. The molecule has 0 spiro atoms. The van der Waals surface area contributed by atoms with Gasteiger partial charge in [0.2, 0.25) is 0 Å². The maximum absolute atomic E-state index is 10.8. The number of aliphatic carboxylic acids is 1. The SMILES string of the molecule is O=C(O)CC1(c2ccc(C3(O)CC3)cc2)CC1. The first-order chi connectivity index (χ1) is 8.04. The van der Waals surface area contributed by atoms with E-state index in [1.165, 1.54) is 0 Å². The summed E-state index contributed by atoms with van der Waals surface area (Å²) in [5.41, 5.74) is 1.35. The van der Waals surface area contributed by atoms with Crippen molar-refractivity contribution in [3.8, 4) is 0 Å². The Hall–Kier alpha value is -1.35. The number of hydrogen-bond acceptors (Lipinski definition) is 2. The average Bonchev–Trinajstić information content (AvgIpc) is 3.18.